The zero-order valence-electron chi connectivity index (χ0n) is 11.2. The maximum Gasteiger partial charge on any atom is 0.305 e. The van der Waals surface area contributed by atoms with E-state index >= 15 is 0 Å². The van der Waals surface area contributed by atoms with E-state index in [9.17, 15) is 9.59 Å². The van der Waals surface area contributed by atoms with Crippen LogP contribution in [-0.4, -0.2) is 29.6 Å². The zero-order valence-corrected chi connectivity index (χ0v) is 11.2. The molecule has 0 fully saturated rings. The van der Waals surface area contributed by atoms with E-state index < -0.39 is 5.97 Å². The van der Waals surface area contributed by atoms with E-state index in [2.05, 4.69) is 5.32 Å². The molecular weight excluding hydrogens is 246 g/mol. The highest BCUT2D eigenvalue weighted by Gasteiger charge is 2.17. The number of amides is 1. The Morgan fingerprint density at radius 2 is 2.00 bits per heavy atom. The van der Waals surface area contributed by atoms with Crippen molar-refractivity contribution in [2.45, 2.75) is 32.7 Å². The summed E-state index contributed by atoms with van der Waals surface area (Å²) in [6.07, 6.45) is 0.480. The lowest BCUT2D eigenvalue weighted by Crippen LogP contribution is -2.36. The normalized spacial score (nSPS) is 11.7. The van der Waals surface area contributed by atoms with Crippen molar-refractivity contribution >= 4 is 11.9 Å². The number of ether oxygens (including phenoxy) is 1. The summed E-state index contributed by atoms with van der Waals surface area (Å²) in [6.45, 7) is 4.15. The van der Waals surface area contributed by atoms with Crippen LogP contribution >= 0.6 is 0 Å². The van der Waals surface area contributed by atoms with Gasteiger partial charge in [-0.3, -0.25) is 9.59 Å². The van der Waals surface area contributed by atoms with E-state index in [1.165, 1.54) is 0 Å². The zero-order chi connectivity index (χ0) is 14.3. The van der Waals surface area contributed by atoms with Gasteiger partial charge in [0.1, 0.15) is 5.75 Å². The standard InChI is InChI=1S/C14H19NO4/c1-3-10(9-13(16)17)15-14(18)11-7-5-6-8-12(11)19-4-2/h5-8,10H,3-4,9H2,1-2H3,(H,15,18)(H,16,17). The molecule has 1 amide bonds. The van der Waals surface area contributed by atoms with Gasteiger partial charge >= 0.3 is 5.97 Å². The number of carbonyl (C=O) groups is 2. The molecule has 104 valence electrons. The predicted octanol–water partition coefficient (Wildman–Crippen LogP) is 2.07. The molecule has 0 bridgehead atoms. The van der Waals surface area contributed by atoms with Gasteiger partial charge in [0.15, 0.2) is 0 Å². The van der Waals surface area contributed by atoms with Crippen molar-refractivity contribution in [3.63, 3.8) is 0 Å². The Morgan fingerprint density at radius 1 is 1.32 bits per heavy atom. The van der Waals surface area contributed by atoms with Crippen LogP contribution in [-0.2, 0) is 4.79 Å². The number of carboxylic acids is 1. The Balaban J connectivity index is 2.79. The number of para-hydroxylation sites is 1. The van der Waals surface area contributed by atoms with Gasteiger partial charge in [-0.25, -0.2) is 0 Å². The van der Waals surface area contributed by atoms with Crippen LogP contribution in [0.2, 0.25) is 0 Å². The molecule has 0 spiro atoms. The van der Waals surface area contributed by atoms with Crippen LogP contribution in [0.15, 0.2) is 24.3 Å². The Hall–Kier alpha value is -2.04. The number of carbonyl (C=O) groups excluding carboxylic acids is 1. The SMILES string of the molecule is CCOc1ccccc1C(=O)NC(CC)CC(=O)O. The van der Waals surface area contributed by atoms with Crippen molar-refractivity contribution in [1.29, 1.82) is 0 Å². The second kappa shape index (κ2) is 7.41. The molecule has 5 heteroatoms. The van der Waals surface area contributed by atoms with Crippen molar-refractivity contribution in [2.75, 3.05) is 6.61 Å². The molecule has 1 unspecified atom stereocenters. The fourth-order valence-electron chi connectivity index (χ4n) is 1.71. The van der Waals surface area contributed by atoms with Gasteiger partial charge in [-0.15, -0.1) is 0 Å². The third-order valence-electron chi connectivity index (χ3n) is 2.68. The molecule has 1 aromatic rings. The molecule has 19 heavy (non-hydrogen) atoms. The number of benzene rings is 1. The molecule has 0 saturated heterocycles. The van der Waals surface area contributed by atoms with Gasteiger partial charge in [0.05, 0.1) is 18.6 Å². The summed E-state index contributed by atoms with van der Waals surface area (Å²) in [6, 6.07) is 6.54. The van der Waals surface area contributed by atoms with Crippen molar-refractivity contribution < 1.29 is 19.4 Å². The van der Waals surface area contributed by atoms with E-state index in [0.29, 0.717) is 24.3 Å². The molecule has 0 heterocycles. The first-order valence-corrected chi connectivity index (χ1v) is 6.32. The van der Waals surface area contributed by atoms with E-state index in [1.807, 2.05) is 13.8 Å². The van der Waals surface area contributed by atoms with Crippen molar-refractivity contribution in [2.24, 2.45) is 0 Å². The second-order valence-corrected chi connectivity index (χ2v) is 4.11. The van der Waals surface area contributed by atoms with Crippen LogP contribution in [0.3, 0.4) is 0 Å². The lowest BCUT2D eigenvalue weighted by Gasteiger charge is -2.16. The van der Waals surface area contributed by atoms with Crippen LogP contribution in [0.4, 0.5) is 0 Å². The maximum atomic E-state index is 12.1. The Morgan fingerprint density at radius 3 is 2.58 bits per heavy atom. The quantitative estimate of drug-likeness (QED) is 0.791. The second-order valence-electron chi connectivity index (χ2n) is 4.11. The van der Waals surface area contributed by atoms with Gasteiger partial charge in [-0.05, 0) is 25.5 Å². The molecule has 1 atom stereocenters. The van der Waals surface area contributed by atoms with Crippen LogP contribution in [0.5, 0.6) is 5.75 Å². The van der Waals surface area contributed by atoms with E-state index in [-0.39, 0.29) is 18.4 Å². The third kappa shape index (κ3) is 4.62. The average molecular weight is 265 g/mol. The number of aliphatic carboxylic acids is 1. The smallest absolute Gasteiger partial charge is 0.305 e. The molecule has 1 rings (SSSR count). The van der Waals surface area contributed by atoms with Crippen molar-refractivity contribution in [1.82, 2.24) is 5.32 Å². The van der Waals surface area contributed by atoms with E-state index in [1.54, 1.807) is 24.3 Å². The Kier molecular flexibility index (Phi) is 5.85. The maximum absolute atomic E-state index is 12.1. The number of hydrogen-bond acceptors (Lipinski definition) is 3. The molecule has 0 aromatic heterocycles. The largest absolute Gasteiger partial charge is 0.493 e. The van der Waals surface area contributed by atoms with Crippen LogP contribution in [0, 0.1) is 0 Å². The van der Waals surface area contributed by atoms with Gasteiger partial charge in [0.25, 0.3) is 5.91 Å². The predicted molar refractivity (Wildman–Crippen MR) is 71.4 cm³/mol. The van der Waals surface area contributed by atoms with Gasteiger partial charge in [0, 0.05) is 6.04 Å². The first-order valence-electron chi connectivity index (χ1n) is 6.32. The summed E-state index contributed by atoms with van der Waals surface area (Å²) < 4.78 is 5.38. The molecule has 0 aliphatic heterocycles. The number of nitrogens with one attached hydrogen (secondary N) is 1. The van der Waals surface area contributed by atoms with Crippen molar-refractivity contribution in [3.05, 3.63) is 29.8 Å². The monoisotopic (exact) mass is 265 g/mol. The highest BCUT2D eigenvalue weighted by Crippen LogP contribution is 2.18. The molecule has 2 N–H and O–H groups in total. The van der Waals surface area contributed by atoms with Gasteiger partial charge in [-0.1, -0.05) is 19.1 Å². The number of hydrogen-bond donors (Lipinski definition) is 2. The number of rotatable bonds is 7. The minimum atomic E-state index is -0.926. The molecule has 0 aliphatic rings. The summed E-state index contributed by atoms with van der Waals surface area (Å²) in [5, 5.41) is 11.5. The third-order valence-corrected chi connectivity index (χ3v) is 2.68. The minimum absolute atomic E-state index is 0.0843. The highest BCUT2D eigenvalue weighted by atomic mass is 16.5. The summed E-state index contributed by atoms with van der Waals surface area (Å²) in [7, 11) is 0. The van der Waals surface area contributed by atoms with E-state index in [4.69, 9.17) is 9.84 Å². The highest BCUT2D eigenvalue weighted by molar-refractivity contribution is 5.97. The minimum Gasteiger partial charge on any atom is -0.493 e. The molecule has 0 aliphatic carbocycles. The average Bonchev–Trinajstić information content (AvgIpc) is 2.38. The van der Waals surface area contributed by atoms with Crippen LogP contribution in [0.1, 0.15) is 37.0 Å². The lowest BCUT2D eigenvalue weighted by atomic mass is 10.1. The van der Waals surface area contributed by atoms with Crippen LogP contribution < -0.4 is 10.1 Å². The van der Waals surface area contributed by atoms with Gasteiger partial charge in [0.2, 0.25) is 0 Å². The molecule has 0 radical (unpaired) electrons. The fourth-order valence-corrected chi connectivity index (χ4v) is 1.71. The van der Waals surface area contributed by atoms with Crippen molar-refractivity contribution in [3.8, 4) is 5.75 Å². The summed E-state index contributed by atoms with van der Waals surface area (Å²) >= 11 is 0. The first kappa shape index (κ1) is 15.0. The fraction of sp³-hybridized carbons (Fsp3) is 0.429. The molecule has 0 saturated carbocycles. The topological polar surface area (TPSA) is 75.6 Å². The Labute approximate surface area is 112 Å². The summed E-state index contributed by atoms with van der Waals surface area (Å²) in [5.74, 6) is -0.727. The number of carboxylic acid groups (broad SMARTS) is 1. The van der Waals surface area contributed by atoms with Gasteiger partial charge < -0.3 is 15.2 Å². The summed E-state index contributed by atoms with van der Waals surface area (Å²) in [5.41, 5.74) is 0.424. The van der Waals surface area contributed by atoms with Gasteiger partial charge in [-0.2, -0.15) is 0 Å². The molecular formula is C14H19NO4. The first-order chi connectivity index (χ1) is 9.08. The molecule has 1 aromatic carbocycles. The van der Waals surface area contributed by atoms with E-state index in [0.717, 1.165) is 0 Å². The Bertz CT molecular complexity index is 445. The van der Waals surface area contributed by atoms with Crippen LogP contribution in [0.25, 0.3) is 0 Å². The molecule has 5 nitrogen and oxygen atoms in total. The lowest BCUT2D eigenvalue weighted by molar-refractivity contribution is -0.137. The summed E-state index contributed by atoms with van der Waals surface area (Å²) in [4.78, 5) is 22.8.